The molecule has 2 aromatic rings. The number of anilines is 1. The predicted molar refractivity (Wildman–Crippen MR) is 77.7 cm³/mol. The molecule has 0 aliphatic heterocycles. The van der Waals surface area contributed by atoms with Gasteiger partial charge in [-0.1, -0.05) is 13.8 Å². The van der Waals surface area contributed by atoms with Gasteiger partial charge in [-0.3, -0.25) is 0 Å². The van der Waals surface area contributed by atoms with Crippen molar-refractivity contribution in [2.45, 2.75) is 43.3 Å². The smallest absolute Gasteiger partial charge is 0.215 e. The van der Waals surface area contributed by atoms with Crippen molar-refractivity contribution in [1.82, 2.24) is 30.2 Å². The quantitative estimate of drug-likeness (QED) is 0.781. The van der Waals surface area contributed by atoms with Crippen molar-refractivity contribution in [2.24, 2.45) is 7.05 Å². The predicted octanol–water partition coefficient (Wildman–Crippen LogP) is 1.93. The fourth-order valence-electron chi connectivity index (χ4n) is 1.61. The summed E-state index contributed by atoms with van der Waals surface area (Å²) in [5.41, 5.74) is 0. The summed E-state index contributed by atoms with van der Waals surface area (Å²) in [6.45, 7) is 5.15. The molecule has 0 unspecified atom stereocenters. The lowest BCUT2D eigenvalue weighted by Gasteiger charge is -2.08. The highest BCUT2D eigenvalue weighted by molar-refractivity contribution is 7.99. The first-order valence-electron chi connectivity index (χ1n) is 6.75. The van der Waals surface area contributed by atoms with Crippen LogP contribution in [-0.2, 0) is 13.5 Å². The third-order valence-corrected chi connectivity index (χ3v) is 3.50. The van der Waals surface area contributed by atoms with Gasteiger partial charge < -0.3 is 5.32 Å². The van der Waals surface area contributed by atoms with Gasteiger partial charge in [-0.15, -0.1) is 5.10 Å². The highest BCUT2D eigenvalue weighted by Gasteiger charge is 2.09. The van der Waals surface area contributed by atoms with Crippen LogP contribution >= 0.6 is 11.8 Å². The molecule has 20 heavy (non-hydrogen) atoms. The molecule has 0 bridgehead atoms. The summed E-state index contributed by atoms with van der Waals surface area (Å²) in [5.74, 6) is 1.72. The maximum atomic E-state index is 4.55. The molecule has 2 rings (SSSR count). The Morgan fingerprint density at radius 3 is 2.75 bits per heavy atom. The molecule has 0 atom stereocenters. The summed E-state index contributed by atoms with van der Waals surface area (Å²) in [7, 11) is 1.81. The summed E-state index contributed by atoms with van der Waals surface area (Å²) in [5, 5.41) is 16.3. The molecule has 0 aliphatic rings. The Labute approximate surface area is 122 Å². The van der Waals surface area contributed by atoms with Crippen molar-refractivity contribution in [3.63, 3.8) is 0 Å². The van der Waals surface area contributed by atoms with Gasteiger partial charge in [0.25, 0.3) is 0 Å². The van der Waals surface area contributed by atoms with E-state index in [1.807, 2.05) is 13.1 Å². The van der Waals surface area contributed by atoms with Crippen molar-refractivity contribution >= 4 is 17.6 Å². The van der Waals surface area contributed by atoms with E-state index in [0.29, 0.717) is 5.16 Å². The molecule has 2 aromatic heterocycles. The molecule has 0 spiro atoms. The third kappa shape index (κ3) is 3.89. The largest absolute Gasteiger partial charge is 0.370 e. The van der Waals surface area contributed by atoms with Crippen LogP contribution in [0.1, 0.15) is 32.5 Å². The van der Waals surface area contributed by atoms with Crippen LogP contribution in [0.3, 0.4) is 0 Å². The van der Waals surface area contributed by atoms with Crippen molar-refractivity contribution in [3.05, 3.63) is 11.9 Å². The number of nitrogens with zero attached hydrogens (tertiary/aromatic N) is 6. The van der Waals surface area contributed by atoms with Crippen LogP contribution in [-0.4, -0.2) is 36.7 Å². The van der Waals surface area contributed by atoms with E-state index < -0.39 is 0 Å². The zero-order valence-corrected chi connectivity index (χ0v) is 12.8. The normalized spacial score (nSPS) is 10.8. The molecule has 0 radical (unpaired) electrons. The summed E-state index contributed by atoms with van der Waals surface area (Å²) in [4.78, 5) is 9.07. The van der Waals surface area contributed by atoms with Gasteiger partial charge in [-0.05, 0) is 35.0 Å². The lowest BCUT2D eigenvalue weighted by Crippen LogP contribution is -2.06. The molecule has 108 valence electrons. The lowest BCUT2D eigenvalue weighted by molar-refractivity contribution is 0.664. The lowest BCUT2D eigenvalue weighted by atomic mass is 10.3. The van der Waals surface area contributed by atoms with Crippen molar-refractivity contribution < 1.29 is 0 Å². The summed E-state index contributed by atoms with van der Waals surface area (Å²) in [6.07, 6.45) is 2.95. The molecule has 0 saturated heterocycles. The van der Waals surface area contributed by atoms with E-state index in [1.54, 1.807) is 4.68 Å². The maximum Gasteiger partial charge on any atom is 0.215 e. The van der Waals surface area contributed by atoms with Crippen LogP contribution < -0.4 is 5.32 Å². The summed E-state index contributed by atoms with van der Waals surface area (Å²) < 4.78 is 1.63. The summed E-state index contributed by atoms with van der Waals surface area (Å²) in [6, 6.07) is 1.94. The topological polar surface area (TPSA) is 81.4 Å². The molecule has 0 fully saturated rings. The van der Waals surface area contributed by atoms with Gasteiger partial charge in [0.2, 0.25) is 5.16 Å². The number of nitrogens with one attached hydrogen (secondary N) is 1. The standard InChI is InChI=1S/C12H19N7S/c1-4-6-9-14-10(13-7-5-2)8-11(15-9)20-12-16-17-18-19(12)3/h8H,4-7H2,1-3H3,(H,13,14,15). The Balaban J connectivity index is 2.21. The Bertz CT molecular complexity index is 554. The van der Waals surface area contributed by atoms with Gasteiger partial charge >= 0.3 is 0 Å². The highest BCUT2D eigenvalue weighted by atomic mass is 32.2. The zero-order valence-electron chi connectivity index (χ0n) is 12.0. The molecule has 0 saturated carbocycles. The second kappa shape index (κ2) is 7.18. The van der Waals surface area contributed by atoms with E-state index in [-0.39, 0.29) is 0 Å². The molecule has 2 heterocycles. The van der Waals surface area contributed by atoms with E-state index in [1.165, 1.54) is 11.8 Å². The minimum atomic E-state index is 0.715. The highest BCUT2D eigenvalue weighted by Crippen LogP contribution is 2.25. The third-order valence-electron chi connectivity index (χ3n) is 2.56. The SMILES string of the molecule is CCCNc1cc(Sc2nnnn2C)nc(CCC)n1. The van der Waals surface area contributed by atoms with Crippen LogP contribution in [0, 0.1) is 0 Å². The fourth-order valence-corrected chi connectivity index (χ4v) is 2.36. The molecule has 0 aromatic carbocycles. The number of aryl methyl sites for hydroxylation is 2. The summed E-state index contributed by atoms with van der Waals surface area (Å²) >= 11 is 1.44. The van der Waals surface area contributed by atoms with E-state index in [9.17, 15) is 0 Å². The van der Waals surface area contributed by atoms with Gasteiger partial charge in [0.1, 0.15) is 16.7 Å². The molecule has 7 nitrogen and oxygen atoms in total. The number of tetrazole rings is 1. The molecular weight excluding hydrogens is 274 g/mol. The molecule has 0 aliphatic carbocycles. The minimum Gasteiger partial charge on any atom is -0.370 e. The monoisotopic (exact) mass is 293 g/mol. The van der Waals surface area contributed by atoms with Gasteiger partial charge in [-0.2, -0.15) is 0 Å². The first-order chi connectivity index (χ1) is 9.72. The Morgan fingerprint density at radius 1 is 1.25 bits per heavy atom. The van der Waals surface area contributed by atoms with Gasteiger partial charge in [0.05, 0.1) is 0 Å². The second-order valence-electron chi connectivity index (χ2n) is 4.37. The Kier molecular flexibility index (Phi) is 5.28. The fraction of sp³-hybridized carbons (Fsp3) is 0.583. The van der Waals surface area contributed by atoms with Crippen molar-refractivity contribution in [2.75, 3.05) is 11.9 Å². The number of aromatic nitrogens is 6. The minimum absolute atomic E-state index is 0.715. The number of hydrogen-bond acceptors (Lipinski definition) is 7. The first kappa shape index (κ1) is 14.7. The van der Waals surface area contributed by atoms with E-state index in [0.717, 1.165) is 42.5 Å². The molecular formula is C12H19N7S. The van der Waals surface area contributed by atoms with E-state index in [4.69, 9.17) is 0 Å². The Morgan fingerprint density at radius 2 is 2.10 bits per heavy atom. The van der Waals surface area contributed by atoms with Crippen LogP contribution in [0.25, 0.3) is 0 Å². The van der Waals surface area contributed by atoms with E-state index >= 15 is 0 Å². The average Bonchev–Trinajstić information content (AvgIpc) is 2.82. The van der Waals surface area contributed by atoms with Crippen LogP contribution in [0.5, 0.6) is 0 Å². The zero-order chi connectivity index (χ0) is 14.4. The van der Waals surface area contributed by atoms with Gasteiger partial charge in [0.15, 0.2) is 0 Å². The maximum absolute atomic E-state index is 4.55. The van der Waals surface area contributed by atoms with Crippen molar-refractivity contribution in [1.29, 1.82) is 0 Å². The number of rotatable bonds is 7. The Hall–Kier alpha value is -1.70. The average molecular weight is 293 g/mol. The van der Waals surface area contributed by atoms with Crippen LogP contribution in [0.15, 0.2) is 16.2 Å². The van der Waals surface area contributed by atoms with Crippen LogP contribution in [0.2, 0.25) is 0 Å². The van der Waals surface area contributed by atoms with E-state index in [2.05, 4.69) is 44.7 Å². The van der Waals surface area contributed by atoms with Crippen LogP contribution in [0.4, 0.5) is 5.82 Å². The van der Waals surface area contributed by atoms with Crippen molar-refractivity contribution in [3.8, 4) is 0 Å². The van der Waals surface area contributed by atoms with Gasteiger partial charge in [0, 0.05) is 26.1 Å². The van der Waals surface area contributed by atoms with Gasteiger partial charge in [-0.25, -0.2) is 14.6 Å². The molecule has 0 amide bonds. The molecule has 1 N–H and O–H groups in total. The molecule has 8 heteroatoms. The number of hydrogen-bond donors (Lipinski definition) is 1. The second-order valence-corrected chi connectivity index (χ2v) is 5.36. The first-order valence-corrected chi connectivity index (χ1v) is 7.56.